The van der Waals surface area contributed by atoms with Crippen LogP contribution >= 0.6 is 0 Å². The van der Waals surface area contributed by atoms with Crippen molar-refractivity contribution >= 4 is 5.97 Å². The summed E-state index contributed by atoms with van der Waals surface area (Å²) in [5.74, 6) is 2.69. The molecule has 0 aromatic heterocycles. The Morgan fingerprint density at radius 3 is 2.46 bits per heavy atom. The highest BCUT2D eigenvalue weighted by Crippen LogP contribution is 2.68. The lowest BCUT2D eigenvalue weighted by Crippen LogP contribution is -2.54. The van der Waals surface area contributed by atoms with E-state index in [1.807, 2.05) is 0 Å². The van der Waals surface area contributed by atoms with Crippen LogP contribution in [0.3, 0.4) is 0 Å². The van der Waals surface area contributed by atoms with Crippen LogP contribution in [0.4, 0.5) is 4.39 Å². The lowest BCUT2D eigenvalue weighted by atomic mass is 9.44. The maximum Gasteiger partial charge on any atom is 0.303 e. The Morgan fingerprint density at radius 2 is 1.69 bits per heavy atom. The van der Waals surface area contributed by atoms with Crippen LogP contribution < -0.4 is 0 Å². The van der Waals surface area contributed by atoms with Gasteiger partial charge in [0, 0.05) is 6.42 Å². The zero-order chi connectivity index (χ0) is 18.5. The van der Waals surface area contributed by atoms with E-state index in [1.54, 1.807) is 0 Å². The summed E-state index contributed by atoms with van der Waals surface area (Å²) in [7, 11) is 0. The number of carboxylic acid groups (broad SMARTS) is 1. The van der Waals surface area contributed by atoms with Gasteiger partial charge in [0.15, 0.2) is 0 Å². The molecule has 0 aromatic rings. The van der Waals surface area contributed by atoms with Gasteiger partial charge in [-0.15, -0.1) is 0 Å². The second-order valence-corrected chi connectivity index (χ2v) is 10.6. The van der Waals surface area contributed by atoms with Crippen LogP contribution in [-0.2, 0) is 4.79 Å². The minimum absolute atomic E-state index is 0.239. The zero-order valence-electron chi connectivity index (χ0n) is 16.7. The molecule has 4 fully saturated rings. The molecule has 7 unspecified atom stereocenters. The summed E-state index contributed by atoms with van der Waals surface area (Å²) in [4.78, 5) is 10.9. The molecule has 3 heteroatoms. The van der Waals surface area contributed by atoms with Crippen LogP contribution in [-0.4, -0.2) is 17.2 Å². The predicted octanol–water partition coefficient (Wildman–Crippen LogP) is 6.24. The second kappa shape index (κ2) is 6.78. The lowest BCUT2D eigenvalue weighted by Gasteiger charge is -2.61. The predicted molar refractivity (Wildman–Crippen MR) is 102 cm³/mol. The van der Waals surface area contributed by atoms with E-state index in [0.29, 0.717) is 23.7 Å². The molecule has 8 atom stereocenters. The number of hydrogen-bond acceptors (Lipinski definition) is 1. The van der Waals surface area contributed by atoms with Gasteiger partial charge in [-0.25, -0.2) is 4.39 Å². The Hall–Kier alpha value is -0.600. The van der Waals surface area contributed by atoms with Gasteiger partial charge < -0.3 is 5.11 Å². The summed E-state index contributed by atoms with van der Waals surface area (Å²) in [6, 6.07) is 0. The highest BCUT2D eigenvalue weighted by Gasteiger charge is 2.60. The third-order valence-electron chi connectivity index (χ3n) is 9.71. The number of rotatable bonds is 4. The van der Waals surface area contributed by atoms with Crippen LogP contribution in [0.1, 0.15) is 90.9 Å². The third kappa shape index (κ3) is 2.83. The molecule has 0 aliphatic heterocycles. The van der Waals surface area contributed by atoms with E-state index in [9.17, 15) is 9.18 Å². The fraction of sp³-hybridized carbons (Fsp3) is 0.957. The summed E-state index contributed by atoms with van der Waals surface area (Å²) < 4.78 is 14.7. The number of hydrogen-bond donors (Lipinski definition) is 1. The zero-order valence-corrected chi connectivity index (χ0v) is 16.7. The first-order valence-electron chi connectivity index (χ1n) is 11.2. The summed E-state index contributed by atoms with van der Waals surface area (Å²) in [5, 5.41) is 8.97. The molecule has 0 spiro atoms. The minimum Gasteiger partial charge on any atom is -0.481 e. The van der Waals surface area contributed by atoms with E-state index < -0.39 is 12.1 Å². The van der Waals surface area contributed by atoms with Crippen molar-refractivity contribution in [3.63, 3.8) is 0 Å². The fourth-order valence-electron chi connectivity index (χ4n) is 8.41. The van der Waals surface area contributed by atoms with Crippen molar-refractivity contribution in [2.45, 2.75) is 97.1 Å². The van der Waals surface area contributed by atoms with E-state index in [2.05, 4.69) is 13.8 Å². The Kier molecular flexibility index (Phi) is 4.89. The molecule has 0 heterocycles. The highest BCUT2D eigenvalue weighted by atomic mass is 19.1. The maximum atomic E-state index is 14.7. The van der Waals surface area contributed by atoms with Crippen LogP contribution in [0.25, 0.3) is 0 Å². The van der Waals surface area contributed by atoms with Gasteiger partial charge in [0.1, 0.15) is 6.17 Å². The second-order valence-electron chi connectivity index (χ2n) is 10.6. The first-order chi connectivity index (χ1) is 12.4. The van der Waals surface area contributed by atoms with Gasteiger partial charge in [-0.2, -0.15) is 0 Å². The molecular weight excluding hydrogens is 327 g/mol. The lowest BCUT2D eigenvalue weighted by molar-refractivity contribution is -0.137. The van der Waals surface area contributed by atoms with Crippen molar-refractivity contribution in [1.29, 1.82) is 0 Å². The number of carbonyl (C=O) groups is 1. The molecular formula is C23H37FO2. The van der Waals surface area contributed by atoms with Crippen molar-refractivity contribution in [1.82, 2.24) is 0 Å². The first kappa shape index (κ1) is 18.7. The SMILES string of the molecule is CC12CCC3C(CCC4[C@@H](F)CCCC34C)C1CCC2CCCC(=O)O. The Morgan fingerprint density at radius 1 is 0.962 bits per heavy atom. The highest BCUT2D eigenvalue weighted by molar-refractivity contribution is 5.66. The minimum atomic E-state index is -0.655. The molecule has 4 saturated carbocycles. The standard InChI is InChI=1S/C23H37FO2/c1-22-14-12-18-16(9-11-19-20(24)6-4-13-23(18,19)2)17(22)10-8-15(22)5-3-7-21(25)26/h15-20H,3-14H2,1-2H3,(H,25,26)/t15?,16?,17?,18?,19?,20-,22?,23?/m0/s1. The number of halogens is 1. The van der Waals surface area contributed by atoms with E-state index in [4.69, 9.17) is 5.11 Å². The maximum absolute atomic E-state index is 14.7. The smallest absolute Gasteiger partial charge is 0.303 e. The van der Waals surface area contributed by atoms with E-state index in [-0.39, 0.29) is 5.41 Å². The van der Waals surface area contributed by atoms with Gasteiger partial charge in [-0.05, 0) is 111 Å². The third-order valence-corrected chi connectivity index (χ3v) is 9.71. The molecule has 0 amide bonds. The number of carboxylic acids is 1. The van der Waals surface area contributed by atoms with Crippen molar-refractivity contribution in [3.05, 3.63) is 0 Å². The summed E-state index contributed by atoms with van der Waals surface area (Å²) in [6.07, 6.45) is 12.3. The average Bonchev–Trinajstić information content (AvgIpc) is 2.91. The number of aliphatic carboxylic acids is 1. The van der Waals surface area contributed by atoms with Gasteiger partial charge in [-0.3, -0.25) is 4.79 Å². The van der Waals surface area contributed by atoms with Crippen LogP contribution in [0.5, 0.6) is 0 Å². The molecule has 0 saturated heterocycles. The quantitative estimate of drug-likeness (QED) is 0.641. The van der Waals surface area contributed by atoms with Crippen LogP contribution in [0.15, 0.2) is 0 Å². The largest absolute Gasteiger partial charge is 0.481 e. The molecule has 4 aliphatic rings. The average molecular weight is 365 g/mol. The number of fused-ring (bicyclic) bond motifs is 5. The van der Waals surface area contributed by atoms with E-state index in [1.165, 1.54) is 38.5 Å². The Labute approximate surface area is 158 Å². The molecule has 26 heavy (non-hydrogen) atoms. The van der Waals surface area contributed by atoms with E-state index in [0.717, 1.165) is 49.9 Å². The Bertz CT molecular complexity index is 548. The number of alkyl halides is 1. The van der Waals surface area contributed by atoms with Gasteiger partial charge in [0.2, 0.25) is 0 Å². The fourth-order valence-corrected chi connectivity index (χ4v) is 8.41. The van der Waals surface area contributed by atoms with Crippen LogP contribution in [0.2, 0.25) is 0 Å². The van der Waals surface area contributed by atoms with Gasteiger partial charge in [0.05, 0.1) is 0 Å². The molecule has 4 rings (SSSR count). The molecule has 0 bridgehead atoms. The van der Waals surface area contributed by atoms with Crippen LogP contribution in [0, 0.1) is 40.4 Å². The Balaban J connectivity index is 1.50. The molecule has 0 radical (unpaired) electrons. The van der Waals surface area contributed by atoms with Crippen molar-refractivity contribution < 1.29 is 14.3 Å². The van der Waals surface area contributed by atoms with E-state index >= 15 is 0 Å². The molecule has 0 aromatic carbocycles. The van der Waals surface area contributed by atoms with Crippen molar-refractivity contribution in [2.75, 3.05) is 0 Å². The van der Waals surface area contributed by atoms with Gasteiger partial charge in [-0.1, -0.05) is 13.8 Å². The first-order valence-corrected chi connectivity index (χ1v) is 11.2. The summed E-state index contributed by atoms with van der Waals surface area (Å²) in [5.41, 5.74) is 0.649. The van der Waals surface area contributed by atoms with Gasteiger partial charge in [0.25, 0.3) is 0 Å². The summed E-state index contributed by atoms with van der Waals surface area (Å²) in [6.45, 7) is 4.95. The molecule has 2 nitrogen and oxygen atoms in total. The molecule has 148 valence electrons. The summed E-state index contributed by atoms with van der Waals surface area (Å²) >= 11 is 0. The van der Waals surface area contributed by atoms with Crippen molar-refractivity contribution in [3.8, 4) is 0 Å². The molecule has 1 N–H and O–H groups in total. The topological polar surface area (TPSA) is 37.3 Å². The normalized spacial score (nSPS) is 50.6. The van der Waals surface area contributed by atoms with Crippen molar-refractivity contribution in [2.24, 2.45) is 40.4 Å². The van der Waals surface area contributed by atoms with Gasteiger partial charge >= 0.3 is 5.97 Å². The molecule has 4 aliphatic carbocycles. The monoisotopic (exact) mass is 364 g/mol.